The van der Waals surface area contributed by atoms with Crippen molar-refractivity contribution in [3.63, 3.8) is 0 Å². The molecule has 0 bridgehead atoms. The zero-order chi connectivity index (χ0) is 23.0. The number of hydrogen-bond donors (Lipinski definition) is 1. The van der Waals surface area contributed by atoms with E-state index in [-0.39, 0.29) is 34.1 Å². The molecule has 9 heteroatoms. The second-order valence-corrected chi connectivity index (χ2v) is 8.58. The zero-order valence-electron chi connectivity index (χ0n) is 17.2. The van der Waals surface area contributed by atoms with Crippen LogP contribution in [0.3, 0.4) is 0 Å². The van der Waals surface area contributed by atoms with Crippen LogP contribution >= 0.6 is 11.8 Å². The van der Waals surface area contributed by atoms with E-state index in [9.17, 15) is 28.3 Å². The largest absolute Gasteiger partial charge is 0.508 e. The topological polar surface area (TPSA) is 87.1 Å². The molecule has 4 rings (SSSR count). The smallest absolute Gasteiger partial charge is 0.418 e. The first-order valence-corrected chi connectivity index (χ1v) is 11.2. The summed E-state index contributed by atoms with van der Waals surface area (Å²) in [7, 11) is 0. The van der Waals surface area contributed by atoms with E-state index >= 15 is 0 Å². The molecule has 1 N–H and O–H groups in total. The van der Waals surface area contributed by atoms with Gasteiger partial charge in [-0.15, -0.1) is 11.8 Å². The maximum atomic E-state index is 13.9. The zero-order valence-corrected chi connectivity index (χ0v) is 18.0. The SMILES string of the molecule is CCc1cc2c(CSc3nc4c(c(C(F)(F)F)c3C#N)CCCC4)cc(=O)oc2cc1O. The Morgan fingerprint density at radius 1 is 1.22 bits per heavy atom. The van der Waals surface area contributed by atoms with Crippen molar-refractivity contribution in [1.29, 1.82) is 5.26 Å². The van der Waals surface area contributed by atoms with Gasteiger partial charge in [0, 0.05) is 29.0 Å². The van der Waals surface area contributed by atoms with Gasteiger partial charge in [0.1, 0.15) is 22.4 Å². The third-order valence-corrected chi connectivity index (χ3v) is 6.64. The number of rotatable bonds is 4. The molecule has 2 heterocycles. The Kier molecular flexibility index (Phi) is 5.91. The molecule has 1 aromatic carbocycles. The van der Waals surface area contributed by atoms with Gasteiger partial charge in [-0.3, -0.25) is 0 Å². The molecule has 0 saturated heterocycles. The second kappa shape index (κ2) is 8.51. The van der Waals surface area contributed by atoms with Crippen molar-refractivity contribution in [2.75, 3.05) is 0 Å². The van der Waals surface area contributed by atoms with Gasteiger partial charge >= 0.3 is 11.8 Å². The number of halogens is 3. The number of phenolic OH excluding ortho intramolecular Hbond substituents is 1. The maximum Gasteiger partial charge on any atom is 0.418 e. The van der Waals surface area contributed by atoms with Crippen LogP contribution in [-0.4, -0.2) is 10.1 Å². The highest BCUT2D eigenvalue weighted by Gasteiger charge is 2.40. The van der Waals surface area contributed by atoms with Crippen molar-refractivity contribution >= 4 is 22.7 Å². The highest BCUT2D eigenvalue weighted by Crippen LogP contribution is 2.42. The third-order valence-electron chi connectivity index (χ3n) is 5.61. The number of hydrogen-bond acceptors (Lipinski definition) is 6. The quantitative estimate of drug-likeness (QED) is 0.408. The number of fused-ring (bicyclic) bond motifs is 2. The number of benzene rings is 1. The number of aromatic hydroxyl groups is 1. The third kappa shape index (κ3) is 4.07. The van der Waals surface area contributed by atoms with Gasteiger partial charge in [-0.2, -0.15) is 18.4 Å². The van der Waals surface area contributed by atoms with E-state index < -0.39 is 22.9 Å². The summed E-state index contributed by atoms with van der Waals surface area (Å²) in [5, 5.41) is 20.2. The maximum absolute atomic E-state index is 13.9. The molecule has 2 aromatic heterocycles. The standard InChI is InChI=1S/C23H19F3N2O3S/c1-2-12-7-15-13(8-20(30)31-19(15)9-18(12)29)11-32-22-16(10-27)21(23(24,25)26)14-5-3-4-6-17(14)28-22/h7-9,29H,2-6,11H2,1H3. The Morgan fingerprint density at radius 2 is 1.97 bits per heavy atom. The molecule has 0 amide bonds. The lowest BCUT2D eigenvalue weighted by molar-refractivity contribution is -0.138. The van der Waals surface area contributed by atoms with Gasteiger partial charge in [-0.25, -0.2) is 9.78 Å². The molecule has 0 radical (unpaired) electrons. The minimum atomic E-state index is -4.65. The molecule has 0 aliphatic heterocycles. The second-order valence-electron chi connectivity index (χ2n) is 7.62. The van der Waals surface area contributed by atoms with Crippen molar-refractivity contribution in [3.05, 3.63) is 62.1 Å². The Balaban J connectivity index is 1.80. The van der Waals surface area contributed by atoms with Gasteiger partial charge in [0.05, 0.1) is 11.1 Å². The number of aryl methyl sites for hydroxylation is 2. The predicted octanol–water partition coefficient (Wildman–Crippen LogP) is 5.52. The summed E-state index contributed by atoms with van der Waals surface area (Å²) in [4.78, 5) is 16.4. The van der Waals surface area contributed by atoms with E-state index in [0.717, 1.165) is 18.2 Å². The van der Waals surface area contributed by atoms with Crippen molar-refractivity contribution in [2.24, 2.45) is 0 Å². The first-order valence-electron chi connectivity index (χ1n) is 10.2. The fourth-order valence-corrected chi connectivity index (χ4v) is 5.09. The summed E-state index contributed by atoms with van der Waals surface area (Å²) in [5.41, 5.74) is -0.0943. The van der Waals surface area contributed by atoms with Gasteiger partial charge in [-0.1, -0.05) is 6.92 Å². The number of pyridine rings is 1. The lowest BCUT2D eigenvalue weighted by atomic mass is 9.90. The van der Waals surface area contributed by atoms with Crippen LogP contribution in [0.1, 0.15) is 53.3 Å². The van der Waals surface area contributed by atoms with E-state index in [2.05, 4.69) is 4.98 Å². The van der Waals surface area contributed by atoms with Crippen LogP contribution < -0.4 is 5.63 Å². The number of aromatic nitrogens is 1. The summed E-state index contributed by atoms with van der Waals surface area (Å²) < 4.78 is 46.8. The van der Waals surface area contributed by atoms with E-state index in [4.69, 9.17) is 4.42 Å². The molecule has 0 saturated carbocycles. The molecule has 1 aliphatic rings. The molecule has 3 aromatic rings. The van der Waals surface area contributed by atoms with Crippen molar-refractivity contribution in [3.8, 4) is 11.8 Å². The van der Waals surface area contributed by atoms with E-state index in [1.807, 2.05) is 6.92 Å². The minimum absolute atomic E-state index is 0.00546. The van der Waals surface area contributed by atoms with Crippen LogP contribution in [0, 0.1) is 11.3 Å². The molecule has 5 nitrogen and oxygen atoms in total. The predicted molar refractivity (Wildman–Crippen MR) is 114 cm³/mol. The molecular weight excluding hydrogens is 441 g/mol. The van der Waals surface area contributed by atoms with Gasteiger partial charge in [0.15, 0.2) is 0 Å². The van der Waals surface area contributed by atoms with Crippen molar-refractivity contribution < 1.29 is 22.7 Å². The summed E-state index contributed by atoms with van der Waals surface area (Å²) in [6.45, 7) is 1.86. The van der Waals surface area contributed by atoms with Crippen LogP contribution in [0.4, 0.5) is 13.2 Å². The van der Waals surface area contributed by atoms with Crippen LogP contribution in [0.2, 0.25) is 0 Å². The number of alkyl halides is 3. The lowest BCUT2D eigenvalue weighted by Gasteiger charge is -2.23. The Labute approximate surface area is 185 Å². The Bertz CT molecular complexity index is 1310. The number of phenols is 1. The molecule has 0 unspecified atom stereocenters. The van der Waals surface area contributed by atoms with E-state index in [1.165, 1.54) is 12.1 Å². The lowest BCUT2D eigenvalue weighted by Crippen LogP contribution is -2.19. The van der Waals surface area contributed by atoms with E-state index in [1.54, 1.807) is 12.1 Å². The molecule has 166 valence electrons. The summed E-state index contributed by atoms with van der Waals surface area (Å²) in [6, 6.07) is 6.06. The van der Waals surface area contributed by atoms with Crippen molar-refractivity contribution in [2.45, 2.75) is 56.0 Å². The Morgan fingerprint density at radius 3 is 2.66 bits per heavy atom. The Hall–Kier alpha value is -2.99. The highest BCUT2D eigenvalue weighted by atomic mass is 32.2. The summed E-state index contributed by atoms with van der Waals surface area (Å²) in [6.07, 6.45) is -2.03. The molecular formula is C23H19F3N2O3S. The highest BCUT2D eigenvalue weighted by molar-refractivity contribution is 7.98. The van der Waals surface area contributed by atoms with E-state index in [0.29, 0.717) is 41.5 Å². The fourth-order valence-electron chi connectivity index (χ4n) is 4.10. The molecule has 0 spiro atoms. The summed E-state index contributed by atoms with van der Waals surface area (Å²) >= 11 is 0.992. The minimum Gasteiger partial charge on any atom is -0.508 e. The fraction of sp³-hybridized carbons (Fsp3) is 0.348. The van der Waals surface area contributed by atoms with Crippen LogP contribution in [0.5, 0.6) is 5.75 Å². The molecule has 0 fully saturated rings. The summed E-state index contributed by atoms with van der Waals surface area (Å²) in [5.74, 6) is 0.124. The average molecular weight is 460 g/mol. The molecule has 32 heavy (non-hydrogen) atoms. The monoisotopic (exact) mass is 460 g/mol. The average Bonchev–Trinajstić information content (AvgIpc) is 2.74. The first-order chi connectivity index (χ1) is 15.2. The van der Waals surface area contributed by atoms with Gasteiger partial charge in [0.25, 0.3) is 0 Å². The van der Waals surface area contributed by atoms with Crippen molar-refractivity contribution in [1.82, 2.24) is 4.98 Å². The molecule has 0 atom stereocenters. The number of thioether (sulfide) groups is 1. The van der Waals surface area contributed by atoms with Crippen LogP contribution in [0.25, 0.3) is 11.0 Å². The van der Waals surface area contributed by atoms with Crippen LogP contribution in [-0.2, 0) is 31.2 Å². The normalized spacial score (nSPS) is 13.7. The molecule has 1 aliphatic carbocycles. The first kappa shape index (κ1) is 22.2. The van der Waals surface area contributed by atoms with Gasteiger partial charge < -0.3 is 9.52 Å². The van der Waals surface area contributed by atoms with Gasteiger partial charge in [0.2, 0.25) is 0 Å². The number of nitrogens with zero attached hydrogens (tertiary/aromatic N) is 2. The number of nitriles is 1. The van der Waals surface area contributed by atoms with Crippen LogP contribution in [0.15, 0.2) is 32.4 Å². The van der Waals surface area contributed by atoms with Gasteiger partial charge in [-0.05, 0) is 54.9 Å².